The molecule has 7 heterocycles. The zero-order valence-electron chi connectivity index (χ0n) is 33.8. The molecule has 2 unspecified atom stereocenters. The number of ketones is 1. The SMILES string of the molecule is CCC(=O)c1cc(C2(c3cccc(-c4cncnc4)c3)N=C(N)N(C)C2=O)cs1.CCC1(c2cc(C3(c4cccc(-c5cncnc5)c4)N=C(N)N(C)C3=O)cs2)OCCO1. The Hall–Kier alpha value is -6.53. The standard InChI is InChI=1S/C23H23N5O3S.C21H19N5O2S/c1-3-22(30-7-8-31-22)19-10-18(13-32-19)23(20(29)28(2)21(24)27-23)17-6-4-5-15(9-17)16-11-25-14-26-12-16;1-3-17(27)18-8-16(11-29-18)21(19(28)26(2)20(22)25-21)15-6-4-5-13(7-15)14-9-23-12-24-10-14/h4-6,9-14H,3,7-8H2,1-2H3,(H2,24,27);4-12H,3H2,1-2H3,(H2,22,25). The molecule has 17 heteroatoms. The Balaban J connectivity index is 0.000000169. The summed E-state index contributed by atoms with van der Waals surface area (Å²) in [4.78, 5) is 69.1. The molecule has 0 saturated carbocycles. The van der Waals surface area contributed by atoms with Crippen molar-refractivity contribution in [2.75, 3.05) is 27.3 Å². The van der Waals surface area contributed by atoms with Crippen molar-refractivity contribution < 1.29 is 23.9 Å². The molecule has 0 aliphatic carbocycles. The molecule has 9 rings (SSSR count). The number of likely N-dealkylation sites (N-methyl/N-ethyl adjacent to an activating group) is 2. The Morgan fingerprint density at radius 1 is 0.672 bits per heavy atom. The predicted molar refractivity (Wildman–Crippen MR) is 232 cm³/mol. The molecule has 2 atom stereocenters. The fraction of sp³-hybridized carbons (Fsp3) is 0.250. The van der Waals surface area contributed by atoms with Gasteiger partial charge in [-0.2, -0.15) is 0 Å². The molecule has 4 N–H and O–H groups in total. The van der Waals surface area contributed by atoms with E-state index in [0.717, 1.165) is 38.3 Å². The number of Topliss-reactive ketones (excluding diaryl/α,β-unsaturated/α-hetero) is 1. The number of guanidine groups is 2. The highest BCUT2D eigenvalue weighted by Gasteiger charge is 2.52. The van der Waals surface area contributed by atoms with Gasteiger partial charge in [0, 0.05) is 74.0 Å². The molecule has 310 valence electrons. The van der Waals surface area contributed by atoms with Gasteiger partial charge < -0.3 is 20.9 Å². The summed E-state index contributed by atoms with van der Waals surface area (Å²) in [6.07, 6.45) is 10.9. The first kappa shape index (κ1) is 41.2. The molecule has 0 radical (unpaired) electrons. The van der Waals surface area contributed by atoms with Crippen LogP contribution >= 0.6 is 22.7 Å². The number of rotatable bonds is 10. The van der Waals surface area contributed by atoms with Gasteiger partial charge in [0.25, 0.3) is 11.8 Å². The van der Waals surface area contributed by atoms with Crippen LogP contribution < -0.4 is 11.5 Å². The van der Waals surface area contributed by atoms with Crippen molar-refractivity contribution in [3.8, 4) is 22.3 Å². The molecule has 4 aromatic heterocycles. The van der Waals surface area contributed by atoms with E-state index >= 15 is 0 Å². The molecule has 1 fully saturated rings. The van der Waals surface area contributed by atoms with E-state index < -0.39 is 16.9 Å². The van der Waals surface area contributed by atoms with Crippen LogP contribution in [0.1, 0.15) is 63.5 Å². The Kier molecular flexibility index (Phi) is 11.1. The van der Waals surface area contributed by atoms with Crippen molar-refractivity contribution in [2.24, 2.45) is 21.5 Å². The van der Waals surface area contributed by atoms with Gasteiger partial charge in [-0.3, -0.25) is 24.2 Å². The molecule has 3 aliphatic heterocycles. The largest absolute Gasteiger partial charge is 0.369 e. The van der Waals surface area contributed by atoms with Crippen LogP contribution in [0.4, 0.5) is 0 Å². The second kappa shape index (κ2) is 16.5. The van der Waals surface area contributed by atoms with Crippen molar-refractivity contribution in [3.05, 3.63) is 141 Å². The fourth-order valence-corrected chi connectivity index (χ4v) is 9.75. The Bertz CT molecular complexity index is 2680. The molecule has 0 spiro atoms. The number of carbonyl (C=O) groups excluding carboxylic acids is 3. The third kappa shape index (κ3) is 7.08. The van der Waals surface area contributed by atoms with Crippen molar-refractivity contribution in [3.63, 3.8) is 0 Å². The number of ether oxygens (including phenoxy) is 2. The first-order valence-electron chi connectivity index (χ1n) is 19.5. The van der Waals surface area contributed by atoms with Crippen LogP contribution in [-0.2, 0) is 35.9 Å². The number of nitrogens with zero attached hydrogens (tertiary/aromatic N) is 8. The Morgan fingerprint density at radius 2 is 1.15 bits per heavy atom. The van der Waals surface area contributed by atoms with Gasteiger partial charge in [-0.1, -0.05) is 50.2 Å². The van der Waals surface area contributed by atoms with Crippen molar-refractivity contribution >= 4 is 52.2 Å². The molecule has 61 heavy (non-hydrogen) atoms. The second-order valence-electron chi connectivity index (χ2n) is 14.5. The fourth-order valence-electron chi connectivity index (χ4n) is 7.66. The van der Waals surface area contributed by atoms with Gasteiger partial charge in [0.2, 0.25) is 5.79 Å². The average molecular weight is 855 g/mol. The zero-order valence-corrected chi connectivity index (χ0v) is 35.4. The smallest absolute Gasteiger partial charge is 0.266 e. The molecule has 15 nitrogen and oxygen atoms in total. The van der Waals surface area contributed by atoms with E-state index in [1.54, 1.807) is 44.9 Å². The first-order valence-corrected chi connectivity index (χ1v) is 21.2. The van der Waals surface area contributed by atoms with Gasteiger partial charge >= 0.3 is 0 Å². The highest BCUT2D eigenvalue weighted by Crippen LogP contribution is 2.46. The second-order valence-corrected chi connectivity index (χ2v) is 16.3. The molecule has 3 aliphatic rings. The number of aromatic nitrogens is 4. The van der Waals surface area contributed by atoms with Crippen LogP contribution in [0.25, 0.3) is 22.3 Å². The number of hydrogen-bond acceptors (Lipinski definition) is 15. The minimum absolute atomic E-state index is 0.0299. The van der Waals surface area contributed by atoms with E-state index in [4.69, 9.17) is 25.9 Å². The van der Waals surface area contributed by atoms with E-state index in [1.807, 2.05) is 79.2 Å². The maximum Gasteiger partial charge on any atom is 0.266 e. The topological polar surface area (TPSA) is 204 Å². The summed E-state index contributed by atoms with van der Waals surface area (Å²) < 4.78 is 11.9. The van der Waals surface area contributed by atoms with Gasteiger partial charge in [0.1, 0.15) is 12.7 Å². The van der Waals surface area contributed by atoms with E-state index in [0.29, 0.717) is 42.1 Å². The molecule has 6 aromatic rings. The van der Waals surface area contributed by atoms with Gasteiger partial charge in [-0.15, -0.1) is 22.7 Å². The predicted octanol–water partition coefficient (Wildman–Crippen LogP) is 5.67. The lowest BCUT2D eigenvalue weighted by molar-refractivity contribution is -0.164. The summed E-state index contributed by atoms with van der Waals surface area (Å²) in [6, 6.07) is 18.9. The summed E-state index contributed by atoms with van der Waals surface area (Å²) in [5.41, 5.74) is 15.8. The molecular formula is C44H42N10O5S2. The van der Waals surface area contributed by atoms with Gasteiger partial charge in [-0.25, -0.2) is 29.9 Å². The number of amides is 2. The molecular weight excluding hydrogens is 813 g/mol. The van der Waals surface area contributed by atoms with Crippen LogP contribution in [0.3, 0.4) is 0 Å². The van der Waals surface area contributed by atoms with E-state index in [9.17, 15) is 14.4 Å². The third-order valence-electron chi connectivity index (χ3n) is 11.1. The van der Waals surface area contributed by atoms with Gasteiger partial charge in [0.15, 0.2) is 28.8 Å². The Labute approximate surface area is 359 Å². The summed E-state index contributed by atoms with van der Waals surface area (Å²) >= 11 is 2.82. The van der Waals surface area contributed by atoms with Crippen molar-refractivity contribution in [1.29, 1.82) is 0 Å². The summed E-state index contributed by atoms with van der Waals surface area (Å²) in [5.74, 6) is -0.907. The lowest BCUT2D eigenvalue weighted by Gasteiger charge is -2.26. The quantitative estimate of drug-likeness (QED) is 0.161. The van der Waals surface area contributed by atoms with Crippen LogP contribution in [0.15, 0.2) is 119 Å². The third-order valence-corrected chi connectivity index (χ3v) is 13.1. The highest BCUT2D eigenvalue weighted by molar-refractivity contribution is 7.12. The number of hydrogen-bond donors (Lipinski definition) is 2. The van der Waals surface area contributed by atoms with Crippen molar-refractivity contribution in [1.82, 2.24) is 29.7 Å². The number of thiophene rings is 2. The number of carbonyl (C=O) groups is 3. The van der Waals surface area contributed by atoms with Gasteiger partial charge in [-0.05, 0) is 57.3 Å². The minimum Gasteiger partial charge on any atom is -0.369 e. The Morgan fingerprint density at radius 3 is 1.59 bits per heavy atom. The zero-order chi connectivity index (χ0) is 42.9. The van der Waals surface area contributed by atoms with E-state index in [-0.39, 0.29) is 29.5 Å². The van der Waals surface area contributed by atoms with Gasteiger partial charge in [0.05, 0.1) is 23.0 Å². The summed E-state index contributed by atoms with van der Waals surface area (Å²) in [6.45, 7) is 4.92. The maximum atomic E-state index is 13.6. The van der Waals surface area contributed by atoms with Crippen LogP contribution in [-0.4, -0.2) is 86.6 Å². The molecule has 0 bridgehead atoms. The van der Waals surface area contributed by atoms with E-state index in [2.05, 4.69) is 24.9 Å². The van der Waals surface area contributed by atoms with E-state index in [1.165, 1.54) is 45.1 Å². The van der Waals surface area contributed by atoms with Crippen LogP contribution in [0, 0.1) is 0 Å². The molecule has 2 amide bonds. The normalized spacial score (nSPS) is 20.7. The highest BCUT2D eigenvalue weighted by atomic mass is 32.1. The number of nitrogens with two attached hydrogens (primary N) is 2. The van der Waals surface area contributed by atoms with Crippen LogP contribution in [0.5, 0.6) is 0 Å². The summed E-state index contributed by atoms with van der Waals surface area (Å²) in [7, 11) is 3.24. The summed E-state index contributed by atoms with van der Waals surface area (Å²) in [5, 5.41) is 3.76. The lowest BCUT2D eigenvalue weighted by atomic mass is 9.83. The first-order chi connectivity index (χ1) is 29.5. The van der Waals surface area contributed by atoms with Crippen molar-refractivity contribution in [2.45, 2.75) is 43.6 Å². The number of benzene rings is 2. The lowest BCUT2D eigenvalue weighted by Crippen LogP contribution is -2.41. The molecule has 2 aromatic carbocycles. The minimum atomic E-state index is -1.33. The average Bonchev–Trinajstić information content (AvgIpc) is 4.17. The van der Waals surface area contributed by atoms with Crippen LogP contribution in [0.2, 0.25) is 0 Å². The monoisotopic (exact) mass is 854 g/mol. The maximum absolute atomic E-state index is 13.6. The number of aliphatic imine (C=N–C) groups is 2. The molecule has 1 saturated heterocycles.